The van der Waals surface area contributed by atoms with Crippen LogP contribution in [0, 0.1) is 6.92 Å². The van der Waals surface area contributed by atoms with Gasteiger partial charge in [0.2, 0.25) is 5.43 Å². The maximum atomic E-state index is 13.4. The molecule has 4 rings (SSSR count). The van der Waals surface area contributed by atoms with Crippen molar-refractivity contribution in [3.8, 4) is 0 Å². The molecule has 3 aromatic rings. The van der Waals surface area contributed by atoms with Gasteiger partial charge in [0.05, 0.1) is 16.0 Å². The van der Waals surface area contributed by atoms with Crippen molar-refractivity contribution in [1.29, 1.82) is 0 Å². The van der Waals surface area contributed by atoms with E-state index in [1.807, 2.05) is 13.8 Å². The van der Waals surface area contributed by atoms with Gasteiger partial charge in [-0.25, -0.2) is 13.4 Å². The second-order valence-corrected chi connectivity index (χ2v) is 9.91. The highest BCUT2D eigenvalue weighted by atomic mass is 32.2. The Bertz CT molecular complexity index is 1300. The second-order valence-electron chi connectivity index (χ2n) is 7.87. The monoisotopic (exact) mass is 439 g/mol. The molecule has 2 aromatic heterocycles. The number of sulfone groups is 1. The molecule has 0 aliphatic carbocycles. The van der Waals surface area contributed by atoms with Crippen molar-refractivity contribution in [1.82, 2.24) is 14.5 Å². The summed E-state index contributed by atoms with van der Waals surface area (Å²) in [4.78, 5) is 32.7. The predicted molar refractivity (Wildman–Crippen MR) is 119 cm³/mol. The first-order valence-electron chi connectivity index (χ1n) is 10.4. The molecule has 0 spiro atoms. The fraction of sp³-hybridized carbons (Fsp3) is 0.348. The van der Waals surface area contributed by atoms with Crippen LogP contribution in [0.2, 0.25) is 0 Å². The van der Waals surface area contributed by atoms with Crippen LogP contribution in [-0.4, -0.2) is 47.1 Å². The Morgan fingerprint density at radius 1 is 1.16 bits per heavy atom. The zero-order chi connectivity index (χ0) is 22.2. The van der Waals surface area contributed by atoms with Crippen molar-refractivity contribution in [2.24, 2.45) is 0 Å². The molecule has 1 aliphatic heterocycles. The highest BCUT2D eigenvalue weighted by molar-refractivity contribution is 7.91. The van der Waals surface area contributed by atoms with E-state index in [4.69, 9.17) is 0 Å². The molecule has 0 bridgehead atoms. The number of amides is 1. The van der Waals surface area contributed by atoms with Gasteiger partial charge in [-0.15, -0.1) is 0 Å². The number of hydrogen-bond donors (Lipinski definition) is 0. The first-order chi connectivity index (χ1) is 14.8. The smallest absolute Gasteiger partial charge is 0.259 e. The van der Waals surface area contributed by atoms with E-state index in [-0.39, 0.29) is 21.6 Å². The Morgan fingerprint density at radius 3 is 2.61 bits per heavy atom. The molecule has 7 nitrogen and oxygen atoms in total. The van der Waals surface area contributed by atoms with Gasteiger partial charge in [-0.2, -0.15) is 0 Å². The Morgan fingerprint density at radius 2 is 1.90 bits per heavy atom. The van der Waals surface area contributed by atoms with Crippen molar-refractivity contribution < 1.29 is 13.2 Å². The minimum absolute atomic E-state index is 0.0593. The van der Waals surface area contributed by atoms with Crippen LogP contribution in [0.5, 0.6) is 0 Å². The van der Waals surface area contributed by atoms with Crippen LogP contribution >= 0.6 is 0 Å². The molecule has 1 saturated heterocycles. The highest BCUT2D eigenvalue weighted by Crippen LogP contribution is 2.24. The maximum absolute atomic E-state index is 13.4. The molecule has 1 unspecified atom stereocenters. The number of rotatable bonds is 5. The molecular weight excluding hydrogens is 414 g/mol. The molecule has 31 heavy (non-hydrogen) atoms. The maximum Gasteiger partial charge on any atom is 0.259 e. The van der Waals surface area contributed by atoms with Crippen molar-refractivity contribution in [2.75, 3.05) is 12.3 Å². The number of fused-ring (bicyclic) bond motifs is 1. The summed E-state index contributed by atoms with van der Waals surface area (Å²) in [5.74, 6) is -0.570. The highest BCUT2D eigenvalue weighted by Gasteiger charge is 2.34. The number of aryl methyl sites for hydroxylation is 2. The van der Waals surface area contributed by atoms with E-state index in [9.17, 15) is 18.0 Å². The van der Waals surface area contributed by atoms with Gasteiger partial charge in [-0.3, -0.25) is 9.59 Å². The Kier molecular flexibility index (Phi) is 5.66. The van der Waals surface area contributed by atoms with E-state index >= 15 is 0 Å². The normalized spacial score (nSPS) is 16.7. The van der Waals surface area contributed by atoms with Crippen LogP contribution in [-0.2, 0) is 16.4 Å². The summed E-state index contributed by atoms with van der Waals surface area (Å²) in [6.45, 7) is 4.77. The summed E-state index contributed by atoms with van der Waals surface area (Å²) < 4.78 is 27.5. The quantitative estimate of drug-likeness (QED) is 0.610. The largest absolute Gasteiger partial charge is 0.334 e. The van der Waals surface area contributed by atoms with E-state index < -0.39 is 21.8 Å². The van der Waals surface area contributed by atoms with Gasteiger partial charge < -0.3 is 9.47 Å². The lowest BCUT2D eigenvalue weighted by Crippen LogP contribution is -2.41. The van der Waals surface area contributed by atoms with E-state index in [0.717, 1.165) is 5.69 Å². The molecule has 1 aromatic carbocycles. The molecule has 8 heteroatoms. The van der Waals surface area contributed by atoms with Crippen LogP contribution in [0.15, 0.2) is 58.4 Å². The summed E-state index contributed by atoms with van der Waals surface area (Å²) in [6, 6.07) is 11.3. The molecule has 0 radical (unpaired) electrons. The van der Waals surface area contributed by atoms with Crippen molar-refractivity contribution >= 4 is 26.8 Å². The van der Waals surface area contributed by atoms with E-state index in [2.05, 4.69) is 4.98 Å². The third kappa shape index (κ3) is 3.99. The van der Waals surface area contributed by atoms with Gasteiger partial charge in [0.1, 0.15) is 11.2 Å². The molecule has 3 heterocycles. The second kappa shape index (κ2) is 8.26. The van der Waals surface area contributed by atoms with Crippen LogP contribution in [0.1, 0.15) is 35.8 Å². The first-order valence-corrected chi connectivity index (χ1v) is 12.1. The molecule has 0 N–H and O–H groups in total. The SMILES string of the molecule is CCn1cc(C(=O)N2CCCC2CS(=O)(=O)c2ccccc2)c(=O)c2ccc(C)nc21. The van der Waals surface area contributed by atoms with Crippen LogP contribution < -0.4 is 5.43 Å². The van der Waals surface area contributed by atoms with Gasteiger partial charge in [-0.1, -0.05) is 18.2 Å². The lowest BCUT2D eigenvalue weighted by molar-refractivity contribution is 0.0747. The fourth-order valence-electron chi connectivity index (χ4n) is 4.16. The summed E-state index contributed by atoms with van der Waals surface area (Å²) in [5.41, 5.74) is 1.03. The average Bonchev–Trinajstić information content (AvgIpc) is 3.21. The van der Waals surface area contributed by atoms with Gasteiger partial charge in [0, 0.05) is 31.0 Å². The summed E-state index contributed by atoms with van der Waals surface area (Å²) >= 11 is 0. The van der Waals surface area contributed by atoms with Crippen molar-refractivity contribution in [3.63, 3.8) is 0 Å². The topological polar surface area (TPSA) is 89.3 Å². The number of pyridine rings is 2. The van der Waals surface area contributed by atoms with Crippen LogP contribution in [0.4, 0.5) is 0 Å². The van der Waals surface area contributed by atoms with Gasteiger partial charge in [0.15, 0.2) is 9.84 Å². The summed E-state index contributed by atoms with van der Waals surface area (Å²) in [6.07, 6.45) is 2.85. The molecular formula is C23H25N3O4S. The van der Waals surface area contributed by atoms with Crippen molar-refractivity contribution in [2.45, 2.75) is 44.2 Å². The molecule has 0 saturated carbocycles. The first kappa shape index (κ1) is 21.2. The number of carbonyl (C=O) groups excluding carboxylic acids is 1. The molecule has 162 valence electrons. The lowest BCUT2D eigenvalue weighted by atomic mass is 10.1. The molecule has 1 atom stereocenters. The molecule has 1 fully saturated rings. The molecule has 1 amide bonds. The Labute approximate surface area is 181 Å². The average molecular weight is 440 g/mol. The zero-order valence-corrected chi connectivity index (χ0v) is 18.4. The Hall–Kier alpha value is -3.00. The predicted octanol–water partition coefficient (Wildman–Crippen LogP) is 2.80. The lowest BCUT2D eigenvalue weighted by Gasteiger charge is -2.25. The third-order valence-corrected chi connectivity index (χ3v) is 7.60. The van der Waals surface area contributed by atoms with Gasteiger partial charge >= 0.3 is 0 Å². The zero-order valence-electron chi connectivity index (χ0n) is 17.6. The van der Waals surface area contributed by atoms with E-state index in [0.29, 0.717) is 37.0 Å². The number of carbonyl (C=O) groups is 1. The van der Waals surface area contributed by atoms with Gasteiger partial charge in [0.25, 0.3) is 5.91 Å². The Balaban J connectivity index is 1.69. The summed E-state index contributed by atoms with van der Waals surface area (Å²) in [7, 11) is -3.54. The summed E-state index contributed by atoms with van der Waals surface area (Å²) in [5, 5.41) is 0.394. The fourth-order valence-corrected chi connectivity index (χ4v) is 5.78. The van der Waals surface area contributed by atoms with E-state index in [1.165, 1.54) is 0 Å². The number of nitrogens with zero attached hydrogens (tertiary/aromatic N) is 3. The number of benzene rings is 1. The van der Waals surface area contributed by atoms with Crippen molar-refractivity contribution in [3.05, 3.63) is 70.1 Å². The third-order valence-electron chi connectivity index (χ3n) is 5.78. The number of aromatic nitrogens is 2. The van der Waals surface area contributed by atoms with Crippen LogP contribution in [0.3, 0.4) is 0 Å². The van der Waals surface area contributed by atoms with Crippen LogP contribution in [0.25, 0.3) is 11.0 Å². The minimum Gasteiger partial charge on any atom is -0.334 e. The minimum atomic E-state index is -3.54. The molecule has 1 aliphatic rings. The van der Waals surface area contributed by atoms with Gasteiger partial charge in [-0.05, 0) is 51.0 Å². The number of likely N-dealkylation sites (tertiary alicyclic amines) is 1. The standard InChI is InChI=1S/C23H25N3O4S/c1-3-25-14-20(21(27)19-12-11-16(2)24-22(19)25)23(28)26-13-7-8-17(26)15-31(29,30)18-9-5-4-6-10-18/h4-6,9-12,14,17H,3,7-8,13,15H2,1-2H3. The van der Waals surface area contributed by atoms with E-state index in [1.54, 1.807) is 58.1 Å². The number of hydrogen-bond acceptors (Lipinski definition) is 5.